The predicted molar refractivity (Wildman–Crippen MR) is 76.0 cm³/mol. The average molecular weight is 268 g/mol. The fourth-order valence-corrected chi connectivity index (χ4v) is 3.27. The Hall–Kier alpha value is -0.610. The summed E-state index contributed by atoms with van der Waals surface area (Å²) < 4.78 is 5.30. The van der Waals surface area contributed by atoms with Gasteiger partial charge in [-0.15, -0.1) is 0 Å². The Morgan fingerprint density at radius 3 is 2.63 bits per heavy atom. The van der Waals surface area contributed by atoms with Gasteiger partial charge < -0.3 is 15.0 Å². The second-order valence-electron chi connectivity index (χ2n) is 6.20. The van der Waals surface area contributed by atoms with Crippen molar-refractivity contribution < 1.29 is 9.53 Å². The highest BCUT2D eigenvalue weighted by Gasteiger charge is 2.30. The van der Waals surface area contributed by atoms with Crippen molar-refractivity contribution in [1.82, 2.24) is 10.2 Å². The van der Waals surface area contributed by atoms with Crippen molar-refractivity contribution in [3.8, 4) is 0 Å². The van der Waals surface area contributed by atoms with E-state index in [0.717, 1.165) is 19.0 Å². The number of carbonyl (C=O) groups excluding carboxylic acids is 1. The van der Waals surface area contributed by atoms with E-state index in [2.05, 4.69) is 19.2 Å². The molecule has 110 valence electrons. The Kier molecular flexibility index (Phi) is 5.22. The molecule has 1 aliphatic carbocycles. The molecule has 0 aromatic rings. The van der Waals surface area contributed by atoms with Crippen LogP contribution in [0.1, 0.15) is 40.0 Å². The summed E-state index contributed by atoms with van der Waals surface area (Å²) in [7, 11) is 0. The zero-order chi connectivity index (χ0) is 13.8. The Bertz CT molecular complexity index is 303. The van der Waals surface area contributed by atoms with E-state index in [-0.39, 0.29) is 11.9 Å². The molecule has 2 rings (SSSR count). The van der Waals surface area contributed by atoms with E-state index >= 15 is 0 Å². The van der Waals surface area contributed by atoms with E-state index < -0.39 is 0 Å². The van der Waals surface area contributed by atoms with Crippen molar-refractivity contribution in [3.63, 3.8) is 0 Å². The van der Waals surface area contributed by atoms with Crippen LogP contribution in [0.5, 0.6) is 0 Å². The van der Waals surface area contributed by atoms with Gasteiger partial charge in [-0.3, -0.25) is 4.79 Å². The predicted octanol–water partition coefficient (Wildman–Crippen LogP) is 1.65. The number of nitrogens with zero attached hydrogens (tertiary/aromatic N) is 1. The fourth-order valence-electron chi connectivity index (χ4n) is 3.27. The Morgan fingerprint density at radius 1 is 1.26 bits per heavy atom. The Labute approximate surface area is 116 Å². The van der Waals surface area contributed by atoms with Gasteiger partial charge in [0.25, 0.3) is 0 Å². The third-order valence-electron chi connectivity index (χ3n) is 4.86. The van der Waals surface area contributed by atoms with Gasteiger partial charge in [-0.1, -0.05) is 26.7 Å². The van der Waals surface area contributed by atoms with Gasteiger partial charge in [-0.2, -0.15) is 0 Å². The molecule has 4 atom stereocenters. The van der Waals surface area contributed by atoms with Crippen molar-refractivity contribution in [3.05, 3.63) is 0 Å². The third kappa shape index (κ3) is 3.69. The van der Waals surface area contributed by atoms with E-state index in [4.69, 9.17) is 4.74 Å². The van der Waals surface area contributed by atoms with E-state index in [1.807, 2.05) is 11.8 Å². The highest BCUT2D eigenvalue weighted by Crippen LogP contribution is 2.29. The Morgan fingerprint density at radius 2 is 1.95 bits per heavy atom. The lowest BCUT2D eigenvalue weighted by molar-refractivity contribution is -0.137. The van der Waals surface area contributed by atoms with Crippen LogP contribution in [-0.2, 0) is 9.53 Å². The number of carbonyl (C=O) groups is 1. The summed E-state index contributed by atoms with van der Waals surface area (Å²) in [5, 5.41) is 3.56. The van der Waals surface area contributed by atoms with Crippen molar-refractivity contribution in [1.29, 1.82) is 0 Å². The van der Waals surface area contributed by atoms with Crippen LogP contribution in [0, 0.1) is 11.8 Å². The Balaban J connectivity index is 1.85. The first-order chi connectivity index (χ1) is 9.09. The minimum absolute atomic E-state index is 0.0733. The van der Waals surface area contributed by atoms with Crippen molar-refractivity contribution in [2.45, 2.75) is 52.1 Å². The van der Waals surface area contributed by atoms with Gasteiger partial charge in [0.05, 0.1) is 19.3 Å². The molecule has 0 aromatic heterocycles. The van der Waals surface area contributed by atoms with Crippen LogP contribution >= 0.6 is 0 Å². The van der Waals surface area contributed by atoms with Gasteiger partial charge >= 0.3 is 0 Å². The highest BCUT2D eigenvalue weighted by atomic mass is 16.5. The van der Waals surface area contributed by atoms with Gasteiger partial charge in [-0.25, -0.2) is 0 Å². The molecule has 1 saturated heterocycles. The molecule has 1 amide bonds. The lowest BCUT2D eigenvalue weighted by Crippen LogP contribution is -2.53. The molecule has 19 heavy (non-hydrogen) atoms. The van der Waals surface area contributed by atoms with E-state index in [0.29, 0.717) is 25.2 Å². The second-order valence-corrected chi connectivity index (χ2v) is 6.20. The van der Waals surface area contributed by atoms with E-state index in [1.54, 1.807) is 0 Å². The standard InChI is InChI=1S/C15H28N2O2/c1-11-5-4-6-14(12(11)2)16-13(3)15(18)17-7-9-19-10-8-17/h11-14,16H,4-10H2,1-3H3. The lowest BCUT2D eigenvalue weighted by Gasteiger charge is -2.37. The third-order valence-corrected chi connectivity index (χ3v) is 4.86. The largest absolute Gasteiger partial charge is 0.378 e. The second kappa shape index (κ2) is 6.71. The first kappa shape index (κ1) is 14.8. The fraction of sp³-hybridized carbons (Fsp3) is 0.933. The molecular weight excluding hydrogens is 240 g/mol. The first-order valence-corrected chi connectivity index (χ1v) is 7.72. The molecule has 1 heterocycles. The first-order valence-electron chi connectivity index (χ1n) is 7.72. The maximum atomic E-state index is 12.4. The van der Waals surface area contributed by atoms with E-state index in [9.17, 15) is 4.79 Å². The van der Waals surface area contributed by atoms with Crippen molar-refractivity contribution in [2.24, 2.45) is 11.8 Å². The van der Waals surface area contributed by atoms with Crippen LogP contribution in [-0.4, -0.2) is 49.2 Å². The number of nitrogens with one attached hydrogen (secondary N) is 1. The van der Waals surface area contributed by atoms with Gasteiger partial charge in [0, 0.05) is 19.1 Å². The van der Waals surface area contributed by atoms with Gasteiger partial charge in [-0.05, 0) is 25.2 Å². The van der Waals surface area contributed by atoms with E-state index in [1.165, 1.54) is 19.3 Å². The number of ether oxygens (including phenoxy) is 1. The summed E-state index contributed by atoms with van der Waals surface area (Å²) in [6, 6.07) is 0.416. The molecule has 4 nitrogen and oxygen atoms in total. The molecule has 0 spiro atoms. The minimum atomic E-state index is -0.0733. The summed E-state index contributed by atoms with van der Waals surface area (Å²) in [6.07, 6.45) is 3.80. The molecule has 1 aliphatic heterocycles. The summed E-state index contributed by atoms with van der Waals surface area (Å²) in [5.74, 6) is 1.65. The maximum absolute atomic E-state index is 12.4. The number of morpholine rings is 1. The molecule has 1 N–H and O–H groups in total. The lowest BCUT2D eigenvalue weighted by atomic mass is 9.78. The average Bonchev–Trinajstić information content (AvgIpc) is 2.44. The van der Waals surface area contributed by atoms with Crippen LogP contribution in [0.3, 0.4) is 0 Å². The minimum Gasteiger partial charge on any atom is -0.378 e. The summed E-state index contributed by atoms with van der Waals surface area (Å²) in [6.45, 7) is 9.47. The van der Waals surface area contributed by atoms with Crippen LogP contribution in [0.25, 0.3) is 0 Å². The van der Waals surface area contributed by atoms with Crippen LogP contribution in [0.2, 0.25) is 0 Å². The van der Waals surface area contributed by atoms with Crippen molar-refractivity contribution >= 4 is 5.91 Å². The normalized spacial score (nSPS) is 34.1. The number of hydrogen-bond donors (Lipinski definition) is 1. The molecule has 0 aromatic carbocycles. The summed E-state index contributed by atoms with van der Waals surface area (Å²) in [5.41, 5.74) is 0. The van der Waals surface area contributed by atoms with Crippen molar-refractivity contribution in [2.75, 3.05) is 26.3 Å². The van der Waals surface area contributed by atoms with Crippen LogP contribution in [0.15, 0.2) is 0 Å². The topological polar surface area (TPSA) is 41.6 Å². The summed E-state index contributed by atoms with van der Waals surface area (Å²) in [4.78, 5) is 14.3. The van der Waals surface area contributed by atoms with Crippen LogP contribution in [0.4, 0.5) is 0 Å². The molecule has 1 saturated carbocycles. The highest BCUT2D eigenvalue weighted by molar-refractivity contribution is 5.81. The maximum Gasteiger partial charge on any atom is 0.239 e. The zero-order valence-electron chi connectivity index (χ0n) is 12.5. The van der Waals surface area contributed by atoms with Gasteiger partial charge in [0.15, 0.2) is 0 Å². The zero-order valence-corrected chi connectivity index (χ0v) is 12.5. The SMILES string of the molecule is CC(NC1CCCC(C)C1C)C(=O)N1CCOCC1. The van der Waals surface area contributed by atoms with Crippen LogP contribution < -0.4 is 5.32 Å². The number of rotatable bonds is 3. The molecule has 0 bridgehead atoms. The molecule has 4 heteroatoms. The molecule has 2 aliphatic rings. The van der Waals surface area contributed by atoms with Gasteiger partial charge in [0.2, 0.25) is 5.91 Å². The number of amides is 1. The smallest absolute Gasteiger partial charge is 0.239 e. The molecule has 4 unspecified atom stereocenters. The molecule has 0 radical (unpaired) electrons. The molecular formula is C15H28N2O2. The quantitative estimate of drug-likeness (QED) is 0.846. The molecule has 2 fully saturated rings. The van der Waals surface area contributed by atoms with Gasteiger partial charge in [0.1, 0.15) is 0 Å². The summed E-state index contributed by atoms with van der Waals surface area (Å²) >= 11 is 0. The monoisotopic (exact) mass is 268 g/mol. The number of hydrogen-bond acceptors (Lipinski definition) is 3.